The Hall–Kier alpha value is -5.19. The molecule has 3 heterocycles. The van der Waals surface area contributed by atoms with E-state index >= 15 is 0 Å². The van der Waals surface area contributed by atoms with Crippen LogP contribution in [-0.2, 0) is 16.1 Å². The first-order valence-corrected chi connectivity index (χ1v) is 15.9. The number of esters is 1. The number of fused-ring (bicyclic) bond motifs is 2. The lowest BCUT2D eigenvalue weighted by Crippen LogP contribution is -2.40. The van der Waals surface area contributed by atoms with Gasteiger partial charge in [-0.05, 0) is 66.6 Å². The van der Waals surface area contributed by atoms with Crippen molar-refractivity contribution in [3.05, 3.63) is 149 Å². The summed E-state index contributed by atoms with van der Waals surface area (Å²) in [6.07, 6.45) is 1.70. The molecule has 0 saturated carbocycles. The molecule has 0 fully saturated rings. The zero-order valence-corrected chi connectivity index (χ0v) is 26.5. The van der Waals surface area contributed by atoms with Gasteiger partial charge in [0.15, 0.2) is 16.3 Å². The van der Waals surface area contributed by atoms with Gasteiger partial charge in [-0.25, -0.2) is 14.2 Å². The second-order valence-corrected chi connectivity index (χ2v) is 12.1. The lowest BCUT2D eigenvalue weighted by molar-refractivity contribution is -0.138. The van der Waals surface area contributed by atoms with Gasteiger partial charge in [0.25, 0.3) is 5.56 Å². The van der Waals surface area contributed by atoms with Gasteiger partial charge in [0.1, 0.15) is 18.2 Å². The minimum absolute atomic E-state index is 0.0720. The highest BCUT2D eigenvalue weighted by molar-refractivity contribution is 7.07. The summed E-state index contributed by atoms with van der Waals surface area (Å²) in [5, 5.41) is 0.451. The lowest BCUT2D eigenvalue weighted by atomic mass is 9.93. The maximum Gasteiger partial charge on any atom is 0.338 e. The van der Waals surface area contributed by atoms with Crippen LogP contribution < -0.4 is 29.1 Å². The molecule has 0 spiro atoms. The monoisotopic (exact) mass is 668 g/mol. The third-order valence-corrected chi connectivity index (χ3v) is 8.87. The van der Waals surface area contributed by atoms with Crippen LogP contribution in [0.5, 0.6) is 17.2 Å². The summed E-state index contributed by atoms with van der Waals surface area (Å²) < 4.78 is 38.1. The van der Waals surface area contributed by atoms with E-state index in [2.05, 4.69) is 0 Å². The van der Waals surface area contributed by atoms with Crippen LogP contribution in [0.15, 0.2) is 106 Å². The minimum Gasteiger partial charge on any atom is -0.488 e. The number of thiazole rings is 1. The van der Waals surface area contributed by atoms with Gasteiger partial charge in [-0.2, -0.15) is 0 Å². The molecule has 0 radical (unpaired) electrons. The van der Waals surface area contributed by atoms with Gasteiger partial charge >= 0.3 is 5.97 Å². The smallest absolute Gasteiger partial charge is 0.338 e. The van der Waals surface area contributed by atoms with Crippen LogP contribution in [0.2, 0.25) is 5.02 Å². The van der Waals surface area contributed by atoms with Crippen LogP contribution in [0.4, 0.5) is 4.39 Å². The first-order valence-electron chi connectivity index (χ1n) is 14.7. The molecule has 0 amide bonds. The van der Waals surface area contributed by atoms with Crippen molar-refractivity contribution in [1.82, 2.24) is 4.57 Å². The molecule has 7 rings (SSSR count). The fourth-order valence-electron chi connectivity index (χ4n) is 5.49. The van der Waals surface area contributed by atoms with Gasteiger partial charge in [0.2, 0.25) is 6.79 Å². The Morgan fingerprint density at radius 2 is 1.83 bits per heavy atom. The quantitative estimate of drug-likeness (QED) is 0.188. The van der Waals surface area contributed by atoms with Crippen molar-refractivity contribution < 1.29 is 28.1 Å². The number of carbonyl (C=O) groups is 1. The van der Waals surface area contributed by atoms with Gasteiger partial charge in [-0.1, -0.05) is 71.5 Å². The van der Waals surface area contributed by atoms with Crippen LogP contribution >= 0.6 is 22.9 Å². The third kappa shape index (κ3) is 6.05. The molecule has 0 bridgehead atoms. The number of aromatic nitrogens is 1. The highest BCUT2D eigenvalue weighted by Crippen LogP contribution is 2.40. The maximum atomic E-state index is 14.4. The summed E-state index contributed by atoms with van der Waals surface area (Å²) in [6, 6.07) is 24.9. The molecule has 236 valence electrons. The largest absolute Gasteiger partial charge is 0.488 e. The average molecular weight is 669 g/mol. The number of hydrogen-bond acceptors (Lipinski definition) is 8. The van der Waals surface area contributed by atoms with Crippen LogP contribution in [0.1, 0.15) is 35.2 Å². The normalized spacial score (nSPS) is 15.3. The average Bonchev–Trinajstić information content (AvgIpc) is 3.68. The number of benzene rings is 4. The van der Waals surface area contributed by atoms with Crippen LogP contribution in [0.25, 0.3) is 11.8 Å². The van der Waals surface area contributed by atoms with E-state index in [1.165, 1.54) is 28.0 Å². The van der Waals surface area contributed by atoms with E-state index in [9.17, 15) is 14.0 Å². The first-order chi connectivity index (χ1) is 22.9. The highest BCUT2D eigenvalue weighted by atomic mass is 35.5. The fourth-order valence-corrected chi connectivity index (χ4v) is 6.66. The molecule has 2 aliphatic rings. The molecular formula is C36H26ClFN2O6S. The molecule has 11 heteroatoms. The van der Waals surface area contributed by atoms with Crippen molar-refractivity contribution in [2.45, 2.75) is 19.6 Å². The van der Waals surface area contributed by atoms with E-state index in [0.29, 0.717) is 54.0 Å². The molecule has 47 heavy (non-hydrogen) atoms. The first kappa shape index (κ1) is 30.5. The summed E-state index contributed by atoms with van der Waals surface area (Å²) in [6.45, 7) is 2.12. The van der Waals surface area contributed by atoms with Gasteiger partial charge in [0, 0.05) is 16.1 Å². The summed E-state index contributed by atoms with van der Waals surface area (Å²) >= 11 is 7.57. The summed E-state index contributed by atoms with van der Waals surface area (Å²) in [5.41, 5.74) is 2.93. The van der Waals surface area contributed by atoms with Crippen LogP contribution in [-0.4, -0.2) is 23.9 Å². The Kier molecular flexibility index (Phi) is 8.36. The predicted molar refractivity (Wildman–Crippen MR) is 176 cm³/mol. The molecule has 1 atom stereocenters. The number of ether oxygens (including phenoxy) is 4. The zero-order chi connectivity index (χ0) is 32.5. The zero-order valence-electron chi connectivity index (χ0n) is 24.9. The van der Waals surface area contributed by atoms with Gasteiger partial charge in [-0.15, -0.1) is 0 Å². The third-order valence-electron chi connectivity index (χ3n) is 7.65. The summed E-state index contributed by atoms with van der Waals surface area (Å²) in [5.74, 6) is 0.637. The topological polar surface area (TPSA) is 88.4 Å². The van der Waals surface area contributed by atoms with Crippen molar-refractivity contribution in [2.75, 3.05) is 13.4 Å². The van der Waals surface area contributed by atoms with E-state index in [4.69, 9.17) is 35.5 Å². The van der Waals surface area contributed by atoms with E-state index in [1.807, 2.05) is 30.3 Å². The Labute approximate surface area is 277 Å². The Bertz CT molecular complexity index is 2210. The molecule has 0 unspecified atom stereocenters. The Balaban J connectivity index is 1.41. The van der Waals surface area contributed by atoms with Crippen molar-refractivity contribution in [2.24, 2.45) is 4.99 Å². The molecule has 8 nitrogen and oxygen atoms in total. The maximum absolute atomic E-state index is 14.4. The van der Waals surface area contributed by atoms with E-state index < -0.39 is 12.0 Å². The highest BCUT2D eigenvalue weighted by Gasteiger charge is 2.36. The standard InChI is InChI=1S/C36H26ClFN2O6S/c1-2-43-35(42)31-32(22-6-4-3-5-7-22)39-36-40(33(31)23-10-14-28-29(17-23)46-20-45-28)34(41)30(47-36)18-24-16-25(37)11-15-27(24)44-19-21-8-12-26(38)13-9-21/h3-18,33H,2,19-20H2,1H3/b30-18-/t33-/m0/s1. The number of rotatable bonds is 8. The summed E-state index contributed by atoms with van der Waals surface area (Å²) in [7, 11) is 0. The molecule has 0 N–H and O–H groups in total. The van der Waals surface area contributed by atoms with Crippen LogP contribution in [0.3, 0.4) is 0 Å². The number of carbonyl (C=O) groups excluding carboxylic acids is 1. The minimum atomic E-state index is -0.884. The van der Waals surface area contributed by atoms with Crippen molar-refractivity contribution in [3.63, 3.8) is 0 Å². The van der Waals surface area contributed by atoms with Crippen LogP contribution in [0, 0.1) is 5.82 Å². The molecule has 4 aromatic carbocycles. The van der Waals surface area contributed by atoms with E-state index in [1.54, 1.807) is 61.5 Å². The molecule has 0 aliphatic carbocycles. The van der Waals surface area contributed by atoms with Gasteiger partial charge in [-0.3, -0.25) is 9.36 Å². The van der Waals surface area contributed by atoms with E-state index in [-0.39, 0.29) is 37.0 Å². The molecule has 1 aromatic heterocycles. The Morgan fingerprint density at radius 1 is 1.04 bits per heavy atom. The van der Waals surface area contributed by atoms with Crippen molar-refractivity contribution in [3.8, 4) is 17.2 Å². The lowest BCUT2D eigenvalue weighted by Gasteiger charge is -2.26. The van der Waals surface area contributed by atoms with Crippen molar-refractivity contribution in [1.29, 1.82) is 0 Å². The molecule has 5 aromatic rings. The number of halogens is 2. The Morgan fingerprint density at radius 3 is 2.62 bits per heavy atom. The second kappa shape index (κ2) is 12.9. The predicted octanol–water partition coefficient (Wildman–Crippen LogP) is 6.04. The van der Waals surface area contributed by atoms with E-state index in [0.717, 1.165) is 5.56 Å². The molecule has 0 saturated heterocycles. The number of hydrogen-bond donors (Lipinski definition) is 0. The molecular weight excluding hydrogens is 643 g/mol. The summed E-state index contributed by atoms with van der Waals surface area (Å²) in [4.78, 5) is 33.4. The fraction of sp³-hybridized carbons (Fsp3) is 0.139. The second-order valence-electron chi connectivity index (χ2n) is 10.6. The molecule has 2 aliphatic heterocycles. The SMILES string of the molecule is CCOC(=O)C1=C(c2ccccc2)N=c2s/c(=C\c3cc(Cl)ccc3OCc3ccc(F)cc3)c(=O)n2[C@H]1c1ccc2c(c1)OCO2. The number of nitrogens with zero attached hydrogens (tertiary/aromatic N) is 2. The van der Waals surface area contributed by atoms with Crippen molar-refractivity contribution >= 4 is 40.7 Å². The van der Waals surface area contributed by atoms with Gasteiger partial charge < -0.3 is 18.9 Å². The van der Waals surface area contributed by atoms with Gasteiger partial charge in [0.05, 0.1) is 28.5 Å².